The summed E-state index contributed by atoms with van der Waals surface area (Å²) in [5.74, 6) is 2.02. The van der Waals surface area contributed by atoms with Crippen molar-refractivity contribution in [1.82, 2.24) is 5.32 Å². The van der Waals surface area contributed by atoms with E-state index in [9.17, 15) is 14.9 Å². The topological polar surface area (TPSA) is 72.2 Å². The lowest BCUT2D eigenvalue weighted by Crippen LogP contribution is -2.25. The average molecular weight is 218 g/mol. The van der Waals surface area contributed by atoms with E-state index in [-0.39, 0.29) is 24.6 Å². The SMILES string of the molecule is C#CCNC(=O)Cc1cccc([N+](=O)[O-])c1. The first-order valence-corrected chi connectivity index (χ1v) is 4.57. The summed E-state index contributed by atoms with van der Waals surface area (Å²) in [6.45, 7) is 0.160. The number of benzene rings is 1. The summed E-state index contributed by atoms with van der Waals surface area (Å²) < 4.78 is 0. The maximum absolute atomic E-state index is 11.3. The second-order valence-corrected chi connectivity index (χ2v) is 3.08. The van der Waals surface area contributed by atoms with Crippen LogP contribution in [0.2, 0.25) is 0 Å². The van der Waals surface area contributed by atoms with Crippen LogP contribution in [-0.4, -0.2) is 17.4 Å². The summed E-state index contributed by atoms with van der Waals surface area (Å²) >= 11 is 0. The fourth-order valence-corrected chi connectivity index (χ4v) is 1.18. The van der Waals surface area contributed by atoms with Crippen LogP contribution in [0.25, 0.3) is 0 Å². The van der Waals surface area contributed by atoms with Crippen molar-refractivity contribution in [1.29, 1.82) is 0 Å². The number of hydrogen-bond acceptors (Lipinski definition) is 3. The van der Waals surface area contributed by atoms with E-state index >= 15 is 0 Å². The van der Waals surface area contributed by atoms with Gasteiger partial charge in [0, 0.05) is 12.1 Å². The third kappa shape index (κ3) is 3.42. The molecule has 1 aromatic carbocycles. The summed E-state index contributed by atoms with van der Waals surface area (Å²) in [6, 6.07) is 5.95. The predicted octanol–water partition coefficient (Wildman–Crippen LogP) is 0.887. The largest absolute Gasteiger partial charge is 0.345 e. The molecule has 1 rings (SSSR count). The van der Waals surface area contributed by atoms with Gasteiger partial charge in [0.15, 0.2) is 0 Å². The molecular formula is C11H10N2O3. The van der Waals surface area contributed by atoms with Crippen LogP contribution in [-0.2, 0) is 11.2 Å². The van der Waals surface area contributed by atoms with E-state index in [1.165, 1.54) is 12.1 Å². The summed E-state index contributed by atoms with van der Waals surface area (Å²) in [4.78, 5) is 21.3. The number of carbonyl (C=O) groups is 1. The van der Waals surface area contributed by atoms with E-state index in [1.54, 1.807) is 12.1 Å². The molecule has 0 radical (unpaired) electrons. The van der Waals surface area contributed by atoms with Crippen LogP contribution in [0.3, 0.4) is 0 Å². The van der Waals surface area contributed by atoms with E-state index in [2.05, 4.69) is 11.2 Å². The van der Waals surface area contributed by atoms with Gasteiger partial charge in [0.1, 0.15) is 0 Å². The second kappa shape index (κ2) is 5.51. The zero-order valence-corrected chi connectivity index (χ0v) is 8.47. The lowest BCUT2D eigenvalue weighted by Gasteiger charge is -2.01. The van der Waals surface area contributed by atoms with Gasteiger partial charge in [0.25, 0.3) is 5.69 Å². The van der Waals surface area contributed by atoms with Crippen molar-refractivity contribution in [2.75, 3.05) is 6.54 Å². The molecule has 0 aromatic heterocycles. The molecule has 5 nitrogen and oxygen atoms in total. The van der Waals surface area contributed by atoms with Gasteiger partial charge in [-0.05, 0) is 5.56 Å². The fraction of sp³-hybridized carbons (Fsp3) is 0.182. The zero-order chi connectivity index (χ0) is 12.0. The number of nitrogens with zero attached hydrogens (tertiary/aromatic N) is 1. The average Bonchev–Trinajstić information content (AvgIpc) is 2.26. The van der Waals surface area contributed by atoms with Crippen molar-refractivity contribution in [3.63, 3.8) is 0 Å². The molecule has 0 aliphatic carbocycles. The molecule has 1 aromatic rings. The number of nitrogens with one attached hydrogen (secondary N) is 1. The van der Waals surface area contributed by atoms with Crippen molar-refractivity contribution >= 4 is 11.6 Å². The monoisotopic (exact) mass is 218 g/mol. The lowest BCUT2D eigenvalue weighted by molar-refractivity contribution is -0.384. The molecule has 16 heavy (non-hydrogen) atoms. The lowest BCUT2D eigenvalue weighted by atomic mass is 10.1. The number of carbonyl (C=O) groups excluding carboxylic acids is 1. The van der Waals surface area contributed by atoms with Gasteiger partial charge in [0.05, 0.1) is 17.9 Å². The summed E-state index contributed by atoms with van der Waals surface area (Å²) in [5, 5.41) is 13.0. The van der Waals surface area contributed by atoms with Crippen LogP contribution < -0.4 is 5.32 Å². The van der Waals surface area contributed by atoms with Crippen LogP contribution in [0, 0.1) is 22.5 Å². The molecule has 1 amide bonds. The van der Waals surface area contributed by atoms with E-state index < -0.39 is 4.92 Å². The molecule has 0 heterocycles. The predicted molar refractivity (Wildman–Crippen MR) is 58.6 cm³/mol. The molecule has 0 aliphatic rings. The van der Waals surface area contributed by atoms with Crippen LogP contribution in [0.15, 0.2) is 24.3 Å². The Morgan fingerprint density at radius 2 is 2.31 bits per heavy atom. The number of terminal acetylenes is 1. The Kier molecular flexibility index (Phi) is 4.04. The van der Waals surface area contributed by atoms with Crippen LogP contribution in [0.5, 0.6) is 0 Å². The summed E-state index contributed by atoms with van der Waals surface area (Å²) in [7, 11) is 0. The summed E-state index contributed by atoms with van der Waals surface area (Å²) in [6.07, 6.45) is 5.07. The Labute approximate surface area is 92.6 Å². The maximum Gasteiger partial charge on any atom is 0.269 e. The first-order chi connectivity index (χ1) is 7.63. The molecule has 0 bridgehead atoms. The Morgan fingerprint density at radius 1 is 1.56 bits per heavy atom. The number of nitro benzene ring substituents is 1. The maximum atomic E-state index is 11.3. The highest BCUT2D eigenvalue weighted by molar-refractivity contribution is 5.78. The Hall–Kier alpha value is -2.35. The van der Waals surface area contributed by atoms with Gasteiger partial charge in [-0.15, -0.1) is 6.42 Å². The molecule has 0 spiro atoms. The standard InChI is InChI=1S/C11H10N2O3/c1-2-6-12-11(14)8-9-4-3-5-10(7-9)13(15)16/h1,3-5,7H,6,8H2,(H,12,14). The molecule has 0 atom stereocenters. The van der Waals surface area contributed by atoms with Gasteiger partial charge in [0.2, 0.25) is 5.91 Å². The molecule has 82 valence electrons. The number of hydrogen-bond donors (Lipinski definition) is 1. The Bertz CT molecular complexity index is 449. The highest BCUT2D eigenvalue weighted by Crippen LogP contribution is 2.13. The number of rotatable bonds is 4. The smallest absolute Gasteiger partial charge is 0.269 e. The number of amides is 1. The van der Waals surface area contributed by atoms with Crippen molar-refractivity contribution in [3.05, 3.63) is 39.9 Å². The Balaban J connectivity index is 2.67. The van der Waals surface area contributed by atoms with E-state index in [1.807, 2.05) is 0 Å². The first kappa shape index (κ1) is 11.7. The van der Waals surface area contributed by atoms with E-state index in [4.69, 9.17) is 6.42 Å². The van der Waals surface area contributed by atoms with Crippen molar-refractivity contribution in [3.8, 4) is 12.3 Å². The minimum Gasteiger partial charge on any atom is -0.345 e. The van der Waals surface area contributed by atoms with Gasteiger partial charge < -0.3 is 5.32 Å². The molecule has 0 fully saturated rings. The third-order valence-corrected chi connectivity index (χ3v) is 1.87. The van der Waals surface area contributed by atoms with Crippen LogP contribution in [0.1, 0.15) is 5.56 Å². The minimum absolute atomic E-state index is 0.0257. The molecule has 1 N–H and O–H groups in total. The van der Waals surface area contributed by atoms with Gasteiger partial charge in [-0.25, -0.2) is 0 Å². The summed E-state index contributed by atoms with van der Waals surface area (Å²) in [5.41, 5.74) is 0.561. The fourth-order valence-electron chi connectivity index (χ4n) is 1.18. The highest BCUT2D eigenvalue weighted by Gasteiger charge is 2.08. The van der Waals surface area contributed by atoms with Crippen molar-refractivity contribution in [2.45, 2.75) is 6.42 Å². The Morgan fingerprint density at radius 3 is 2.94 bits per heavy atom. The van der Waals surface area contributed by atoms with Crippen LogP contribution >= 0.6 is 0 Å². The van der Waals surface area contributed by atoms with Gasteiger partial charge >= 0.3 is 0 Å². The molecule has 0 saturated carbocycles. The molecule has 0 unspecified atom stereocenters. The van der Waals surface area contributed by atoms with E-state index in [0.717, 1.165) is 0 Å². The molecule has 5 heteroatoms. The van der Waals surface area contributed by atoms with E-state index in [0.29, 0.717) is 5.56 Å². The van der Waals surface area contributed by atoms with Gasteiger partial charge in [-0.2, -0.15) is 0 Å². The highest BCUT2D eigenvalue weighted by atomic mass is 16.6. The zero-order valence-electron chi connectivity index (χ0n) is 8.47. The molecule has 0 saturated heterocycles. The number of nitro groups is 1. The first-order valence-electron chi connectivity index (χ1n) is 4.57. The van der Waals surface area contributed by atoms with Gasteiger partial charge in [-0.1, -0.05) is 18.1 Å². The van der Waals surface area contributed by atoms with Gasteiger partial charge in [-0.3, -0.25) is 14.9 Å². The van der Waals surface area contributed by atoms with Crippen molar-refractivity contribution in [2.24, 2.45) is 0 Å². The molecule has 0 aliphatic heterocycles. The normalized spacial score (nSPS) is 9.19. The number of non-ortho nitro benzene ring substituents is 1. The second-order valence-electron chi connectivity index (χ2n) is 3.08. The van der Waals surface area contributed by atoms with Crippen molar-refractivity contribution < 1.29 is 9.72 Å². The molecular weight excluding hydrogens is 208 g/mol. The van der Waals surface area contributed by atoms with Crippen LogP contribution in [0.4, 0.5) is 5.69 Å². The minimum atomic E-state index is -0.497. The quantitative estimate of drug-likeness (QED) is 0.463. The third-order valence-electron chi connectivity index (χ3n) is 1.87.